The van der Waals surface area contributed by atoms with Gasteiger partial charge in [-0.1, -0.05) is 94.3 Å². The first-order valence-corrected chi connectivity index (χ1v) is 20.6. The summed E-state index contributed by atoms with van der Waals surface area (Å²) in [6.07, 6.45) is 14.0. The maximum absolute atomic E-state index is 6.17. The lowest BCUT2D eigenvalue weighted by molar-refractivity contribution is 0.0480. The molecule has 0 spiro atoms. The zero-order chi connectivity index (χ0) is 36.2. The van der Waals surface area contributed by atoms with Crippen LogP contribution in [0.4, 0.5) is 0 Å². The highest BCUT2D eigenvalue weighted by Gasteiger charge is 2.42. The molecule has 0 bridgehead atoms. The first-order chi connectivity index (χ1) is 25.7. The Kier molecular flexibility index (Phi) is 7.77. The molecule has 0 aromatic heterocycles. The van der Waals surface area contributed by atoms with Crippen LogP contribution in [0.25, 0.3) is 59.9 Å². The predicted octanol–water partition coefficient (Wildman–Crippen LogP) is 13.2. The van der Waals surface area contributed by atoms with Crippen LogP contribution in [0.3, 0.4) is 0 Å². The summed E-state index contributed by atoms with van der Waals surface area (Å²) in [5.41, 5.74) is 6.11. The SMILES string of the molecule is COc1cc(C2CCC[C@H](C(C)(C)[C@@H]3CCC[C@H](c4cc(OC)c5ccc6cc(C)cc7ccc4c5c67)C3)C2)c2ccc3c4c(ccc1c24)CC(C)C=3. The van der Waals surface area contributed by atoms with Crippen molar-refractivity contribution in [2.24, 2.45) is 23.2 Å². The largest absolute Gasteiger partial charge is 0.496 e. The van der Waals surface area contributed by atoms with Gasteiger partial charge < -0.3 is 9.47 Å². The molecule has 53 heavy (non-hydrogen) atoms. The van der Waals surface area contributed by atoms with E-state index in [1.54, 1.807) is 0 Å². The van der Waals surface area contributed by atoms with Gasteiger partial charge >= 0.3 is 0 Å². The second kappa shape index (κ2) is 12.4. The highest BCUT2D eigenvalue weighted by molar-refractivity contribution is 6.25. The molecule has 7 aromatic carbocycles. The standard InChI is InChI=1S/C51H54O2/c1-29-21-33-13-17-39-43(27-45(52-5)41-19-15-35(23-29)47(33)49(39)41)31-9-7-11-37(25-31)51(3,4)38-12-8-10-32(26-38)44-28-46(53-6)42-20-16-36-24-30(2)22-34-14-18-40(44)50(42)48(34)36/h13-23,27-28,30-32,37-38H,7-12,24-26H2,1-6H3/t30?,31-,32?,37+,38-/m0/s1. The van der Waals surface area contributed by atoms with Crippen LogP contribution in [0.1, 0.15) is 106 Å². The topological polar surface area (TPSA) is 18.5 Å². The van der Waals surface area contributed by atoms with E-state index in [0.717, 1.165) is 17.9 Å². The summed E-state index contributed by atoms with van der Waals surface area (Å²) in [6.45, 7) is 9.84. The highest BCUT2D eigenvalue weighted by atomic mass is 16.5. The minimum absolute atomic E-state index is 0.266. The molecule has 7 aromatic rings. The van der Waals surface area contributed by atoms with E-state index in [-0.39, 0.29) is 5.41 Å². The molecule has 5 atom stereocenters. The van der Waals surface area contributed by atoms with Gasteiger partial charge in [-0.3, -0.25) is 0 Å². The fourth-order valence-corrected chi connectivity index (χ4v) is 12.1. The van der Waals surface area contributed by atoms with E-state index >= 15 is 0 Å². The summed E-state index contributed by atoms with van der Waals surface area (Å²) in [5.74, 6) is 5.15. The molecule has 2 heteroatoms. The van der Waals surface area contributed by atoms with Crippen LogP contribution in [0.2, 0.25) is 0 Å². The van der Waals surface area contributed by atoms with Gasteiger partial charge in [-0.25, -0.2) is 0 Å². The van der Waals surface area contributed by atoms with Gasteiger partial charge in [0, 0.05) is 21.5 Å². The maximum atomic E-state index is 6.17. The lowest BCUT2D eigenvalue weighted by Gasteiger charge is -2.48. The second-order valence-electron chi connectivity index (χ2n) is 18.0. The predicted molar refractivity (Wildman–Crippen MR) is 225 cm³/mol. The Morgan fingerprint density at radius 3 is 1.70 bits per heavy atom. The highest BCUT2D eigenvalue weighted by Crippen LogP contribution is 2.55. The third kappa shape index (κ3) is 5.10. The van der Waals surface area contributed by atoms with Crippen molar-refractivity contribution in [1.82, 2.24) is 0 Å². The van der Waals surface area contributed by atoms with Crippen LogP contribution in [0.5, 0.6) is 11.5 Å². The fourth-order valence-electron chi connectivity index (χ4n) is 12.1. The zero-order valence-electron chi connectivity index (χ0n) is 32.6. The van der Waals surface area contributed by atoms with Gasteiger partial charge in [0.25, 0.3) is 0 Å². The summed E-state index contributed by atoms with van der Waals surface area (Å²) in [7, 11) is 3.72. The number of ether oxygens (including phenoxy) is 2. The minimum atomic E-state index is 0.266. The Labute approximate surface area is 314 Å². The normalized spacial score (nSPS) is 23.7. The molecule has 0 amide bonds. The first-order valence-electron chi connectivity index (χ1n) is 20.6. The minimum Gasteiger partial charge on any atom is -0.496 e. The molecule has 0 radical (unpaired) electrons. The van der Waals surface area contributed by atoms with E-state index in [1.807, 2.05) is 14.2 Å². The molecule has 2 fully saturated rings. The van der Waals surface area contributed by atoms with Gasteiger partial charge in [0.2, 0.25) is 0 Å². The Morgan fingerprint density at radius 2 is 1.11 bits per heavy atom. The van der Waals surface area contributed by atoms with Crippen molar-refractivity contribution in [3.63, 3.8) is 0 Å². The third-order valence-electron chi connectivity index (χ3n) is 14.8. The molecule has 0 aliphatic heterocycles. The van der Waals surface area contributed by atoms with Crippen LogP contribution in [-0.2, 0) is 6.42 Å². The molecular weight excluding hydrogens is 645 g/mol. The Balaban J connectivity index is 0.995. The van der Waals surface area contributed by atoms with Crippen molar-refractivity contribution in [2.75, 3.05) is 14.2 Å². The van der Waals surface area contributed by atoms with E-state index in [9.17, 15) is 0 Å². The van der Waals surface area contributed by atoms with E-state index in [2.05, 4.69) is 107 Å². The second-order valence-corrected chi connectivity index (χ2v) is 18.0. The van der Waals surface area contributed by atoms with Crippen molar-refractivity contribution in [2.45, 2.75) is 97.3 Å². The molecule has 0 N–H and O–H groups in total. The Morgan fingerprint density at radius 1 is 0.585 bits per heavy atom. The average molecular weight is 699 g/mol. The van der Waals surface area contributed by atoms with Gasteiger partial charge in [-0.15, -0.1) is 0 Å². The Hall–Kier alpha value is -4.30. The summed E-state index contributed by atoms with van der Waals surface area (Å²) in [6, 6.07) is 28.5. The lowest BCUT2D eigenvalue weighted by atomic mass is 9.57. The van der Waals surface area contributed by atoms with Crippen LogP contribution in [-0.4, -0.2) is 14.2 Å². The quantitative estimate of drug-likeness (QED) is 0.161. The summed E-state index contributed by atoms with van der Waals surface area (Å²) in [5, 5.41) is 15.2. The molecule has 2 saturated carbocycles. The molecule has 0 heterocycles. The van der Waals surface area contributed by atoms with Crippen molar-refractivity contribution >= 4 is 59.9 Å². The number of hydrogen-bond donors (Lipinski definition) is 0. The monoisotopic (exact) mass is 698 g/mol. The average Bonchev–Trinajstić information content (AvgIpc) is 3.18. The molecule has 3 aliphatic rings. The zero-order valence-corrected chi connectivity index (χ0v) is 32.6. The van der Waals surface area contributed by atoms with E-state index in [0.29, 0.717) is 29.6 Å². The molecule has 10 rings (SSSR count). The molecular formula is C51H54O2. The number of rotatable bonds is 6. The molecule has 2 nitrogen and oxygen atoms in total. The Bertz CT molecular complexity index is 2590. The number of benzene rings is 7. The smallest absolute Gasteiger partial charge is 0.127 e. The summed E-state index contributed by atoms with van der Waals surface area (Å²) >= 11 is 0. The van der Waals surface area contributed by atoms with Gasteiger partial charge in [0.05, 0.1) is 14.2 Å². The van der Waals surface area contributed by atoms with Gasteiger partial charge in [0.1, 0.15) is 11.5 Å². The van der Waals surface area contributed by atoms with Crippen LogP contribution in [0.15, 0.2) is 72.8 Å². The number of hydrogen-bond acceptors (Lipinski definition) is 2. The van der Waals surface area contributed by atoms with Gasteiger partial charge in [-0.2, -0.15) is 0 Å². The fraction of sp³-hybridized carbons (Fsp3) is 0.412. The molecule has 270 valence electrons. The van der Waals surface area contributed by atoms with Crippen LogP contribution in [0, 0.1) is 30.1 Å². The maximum Gasteiger partial charge on any atom is 0.127 e. The number of methoxy groups -OCH3 is 2. The van der Waals surface area contributed by atoms with Crippen molar-refractivity contribution in [3.8, 4) is 11.5 Å². The summed E-state index contributed by atoms with van der Waals surface area (Å²) in [4.78, 5) is 0. The molecule has 0 saturated heterocycles. The van der Waals surface area contributed by atoms with Gasteiger partial charge in [-0.05, 0) is 165 Å². The molecule has 3 aliphatic carbocycles. The van der Waals surface area contributed by atoms with Crippen molar-refractivity contribution < 1.29 is 9.47 Å². The lowest BCUT2D eigenvalue weighted by Crippen LogP contribution is -2.37. The van der Waals surface area contributed by atoms with Crippen LogP contribution >= 0.6 is 0 Å². The summed E-state index contributed by atoms with van der Waals surface area (Å²) < 4.78 is 12.3. The molecule has 2 unspecified atom stereocenters. The van der Waals surface area contributed by atoms with Crippen molar-refractivity contribution in [1.29, 1.82) is 0 Å². The van der Waals surface area contributed by atoms with Crippen LogP contribution < -0.4 is 14.7 Å². The van der Waals surface area contributed by atoms with E-state index < -0.39 is 0 Å². The van der Waals surface area contributed by atoms with Crippen molar-refractivity contribution in [3.05, 3.63) is 100 Å². The van der Waals surface area contributed by atoms with E-state index in [4.69, 9.17) is 9.47 Å². The third-order valence-corrected chi connectivity index (χ3v) is 14.8. The van der Waals surface area contributed by atoms with Gasteiger partial charge in [0.15, 0.2) is 0 Å². The first kappa shape index (κ1) is 33.3. The number of aryl methyl sites for hydroxylation is 1. The van der Waals surface area contributed by atoms with E-state index in [1.165, 1.54) is 133 Å².